The normalized spacial score (nSPS) is 26.5. The summed E-state index contributed by atoms with van der Waals surface area (Å²) in [7, 11) is 0. The van der Waals surface area contributed by atoms with E-state index in [-0.39, 0.29) is 30.2 Å². The van der Waals surface area contributed by atoms with Crippen LogP contribution < -0.4 is 5.32 Å². The van der Waals surface area contributed by atoms with E-state index in [0.717, 1.165) is 30.4 Å². The highest BCUT2D eigenvalue weighted by atomic mass is 19.1. The van der Waals surface area contributed by atoms with Crippen LogP contribution in [0.1, 0.15) is 42.7 Å². The van der Waals surface area contributed by atoms with E-state index >= 15 is 0 Å². The Kier molecular flexibility index (Phi) is 4.74. The summed E-state index contributed by atoms with van der Waals surface area (Å²) < 4.78 is 13.7. The molecule has 2 aliphatic rings. The molecular formula is C22H24FNO3. The summed E-state index contributed by atoms with van der Waals surface area (Å²) in [5.41, 5.74) is 1.44. The average Bonchev–Trinajstić information content (AvgIpc) is 2.95. The number of nitrogens with one attached hydrogen (secondary N) is 1. The van der Waals surface area contributed by atoms with E-state index in [1.807, 2.05) is 30.3 Å². The molecule has 1 spiro atoms. The number of carbonyl (C=O) groups excluding carboxylic acids is 1. The second kappa shape index (κ2) is 7.06. The van der Waals surface area contributed by atoms with Crippen LogP contribution in [0.25, 0.3) is 0 Å². The van der Waals surface area contributed by atoms with Crippen molar-refractivity contribution < 1.29 is 19.4 Å². The molecule has 3 N–H and O–H groups in total. The fourth-order valence-electron chi connectivity index (χ4n) is 5.18. The third kappa shape index (κ3) is 2.86. The zero-order chi connectivity index (χ0) is 19.0. The summed E-state index contributed by atoms with van der Waals surface area (Å²) >= 11 is 0. The Hall–Kier alpha value is -2.24. The van der Waals surface area contributed by atoms with Crippen LogP contribution in [0.4, 0.5) is 10.1 Å². The molecule has 0 saturated heterocycles. The van der Waals surface area contributed by atoms with Gasteiger partial charge in [0.1, 0.15) is 5.82 Å². The van der Waals surface area contributed by atoms with Crippen LogP contribution in [0.3, 0.4) is 0 Å². The molecule has 1 aliphatic carbocycles. The number of fused-ring (bicyclic) bond motifs is 2. The maximum Gasteiger partial charge on any atom is 0.235 e. The van der Waals surface area contributed by atoms with Crippen LogP contribution in [-0.4, -0.2) is 28.8 Å². The van der Waals surface area contributed by atoms with Gasteiger partial charge in [-0.15, -0.1) is 0 Å². The Labute approximate surface area is 158 Å². The van der Waals surface area contributed by atoms with Crippen LogP contribution in [0.15, 0.2) is 48.5 Å². The van der Waals surface area contributed by atoms with Gasteiger partial charge in [0.25, 0.3) is 0 Å². The van der Waals surface area contributed by atoms with E-state index in [0.29, 0.717) is 12.1 Å². The minimum absolute atomic E-state index is 0.126. The summed E-state index contributed by atoms with van der Waals surface area (Å²) in [4.78, 5) is 13.2. The lowest BCUT2D eigenvalue weighted by atomic mass is 9.57. The van der Waals surface area contributed by atoms with Crippen molar-refractivity contribution in [1.29, 1.82) is 0 Å². The first-order valence-corrected chi connectivity index (χ1v) is 9.53. The molecule has 1 heterocycles. The summed E-state index contributed by atoms with van der Waals surface area (Å²) in [6.45, 7) is -0.371. The summed E-state index contributed by atoms with van der Waals surface area (Å²) in [5.74, 6) is -1.06. The Morgan fingerprint density at radius 3 is 2.70 bits per heavy atom. The van der Waals surface area contributed by atoms with Gasteiger partial charge in [-0.05, 0) is 42.0 Å². The largest absolute Gasteiger partial charge is 0.394 e. The molecule has 1 amide bonds. The van der Waals surface area contributed by atoms with Crippen molar-refractivity contribution >= 4 is 11.6 Å². The van der Waals surface area contributed by atoms with Gasteiger partial charge in [-0.1, -0.05) is 49.2 Å². The molecule has 2 aromatic carbocycles. The summed E-state index contributed by atoms with van der Waals surface area (Å²) in [6.07, 6.45) is 2.31. The number of benzene rings is 2. The number of hydrogen-bond donors (Lipinski definition) is 3. The summed E-state index contributed by atoms with van der Waals surface area (Å²) in [5, 5.41) is 23.3. The van der Waals surface area contributed by atoms with Gasteiger partial charge in [0, 0.05) is 11.6 Å². The third-order valence-electron chi connectivity index (χ3n) is 6.30. The predicted octanol–water partition coefficient (Wildman–Crippen LogP) is 3.34. The van der Waals surface area contributed by atoms with Crippen molar-refractivity contribution in [3.8, 4) is 0 Å². The highest BCUT2D eigenvalue weighted by molar-refractivity contribution is 6.06. The van der Waals surface area contributed by atoms with Crippen molar-refractivity contribution in [2.75, 3.05) is 11.9 Å². The standard InChI is InChI=1S/C22H24FNO3/c23-15-9-10-16-18(12-15)24-21(27)22(16)11-5-4-8-17(22)20(19(26)13-25)14-6-2-1-3-7-14/h1-3,6-7,9-10,12,17,19-20,25-26H,4-5,8,11,13H2,(H,24,27)/t17?,19-,20-,22+/m1/s1. The van der Waals surface area contributed by atoms with Gasteiger partial charge in [0.2, 0.25) is 5.91 Å². The molecule has 1 aliphatic heterocycles. The molecule has 4 rings (SSSR count). The number of carbonyl (C=O) groups is 1. The van der Waals surface area contributed by atoms with Crippen molar-refractivity contribution in [1.82, 2.24) is 0 Å². The van der Waals surface area contributed by atoms with E-state index in [9.17, 15) is 19.4 Å². The monoisotopic (exact) mass is 369 g/mol. The quantitative estimate of drug-likeness (QED) is 0.774. The van der Waals surface area contributed by atoms with Crippen molar-refractivity contribution in [3.63, 3.8) is 0 Å². The number of anilines is 1. The smallest absolute Gasteiger partial charge is 0.235 e. The highest BCUT2D eigenvalue weighted by Crippen LogP contribution is 2.55. The fourth-order valence-corrected chi connectivity index (χ4v) is 5.18. The molecular weight excluding hydrogens is 345 g/mol. The molecule has 1 fully saturated rings. The highest BCUT2D eigenvalue weighted by Gasteiger charge is 2.56. The predicted molar refractivity (Wildman–Crippen MR) is 101 cm³/mol. The minimum Gasteiger partial charge on any atom is -0.394 e. The number of aliphatic hydroxyl groups excluding tert-OH is 2. The van der Waals surface area contributed by atoms with Crippen molar-refractivity contribution in [2.45, 2.75) is 43.1 Å². The lowest BCUT2D eigenvalue weighted by Crippen LogP contribution is -2.49. The van der Waals surface area contributed by atoms with Gasteiger partial charge in [-0.2, -0.15) is 0 Å². The van der Waals surface area contributed by atoms with Gasteiger partial charge in [0.15, 0.2) is 0 Å². The van der Waals surface area contributed by atoms with Gasteiger partial charge in [-0.25, -0.2) is 4.39 Å². The molecule has 1 unspecified atom stereocenters. The van der Waals surface area contributed by atoms with E-state index in [1.54, 1.807) is 6.07 Å². The van der Waals surface area contributed by atoms with Crippen molar-refractivity contribution in [2.24, 2.45) is 5.92 Å². The Morgan fingerprint density at radius 2 is 1.96 bits per heavy atom. The van der Waals surface area contributed by atoms with E-state index in [4.69, 9.17) is 0 Å². The molecule has 0 bridgehead atoms. The van der Waals surface area contributed by atoms with E-state index < -0.39 is 11.5 Å². The molecule has 4 atom stereocenters. The van der Waals surface area contributed by atoms with E-state index in [2.05, 4.69) is 5.32 Å². The molecule has 0 radical (unpaired) electrons. The van der Waals surface area contributed by atoms with Gasteiger partial charge in [0.05, 0.1) is 18.1 Å². The Morgan fingerprint density at radius 1 is 1.19 bits per heavy atom. The summed E-state index contributed by atoms with van der Waals surface area (Å²) in [6, 6.07) is 14.0. The van der Waals surface area contributed by atoms with Gasteiger partial charge >= 0.3 is 0 Å². The molecule has 27 heavy (non-hydrogen) atoms. The van der Waals surface area contributed by atoms with Crippen LogP contribution in [0.5, 0.6) is 0 Å². The van der Waals surface area contributed by atoms with Crippen LogP contribution in [-0.2, 0) is 10.2 Å². The number of halogens is 1. The molecule has 4 nitrogen and oxygen atoms in total. The van der Waals surface area contributed by atoms with Crippen LogP contribution in [0.2, 0.25) is 0 Å². The van der Waals surface area contributed by atoms with Gasteiger partial charge in [-0.3, -0.25) is 4.79 Å². The molecule has 5 heteroatoms. The number of aliphatic hydroxyl groups is 2. The molecule has 0 aromatic heterocycles. The Bertz CT molecular complexity index is 841. The lowest BCUT2D eigenvalue weighted by Gasteiger charge is -2.45. The number of hydrogen-bond acceptors (Lipinski definition) is 3. The van der Waals surface area contributed by atoms with Crippen LogP contribution >= 0.6 is 0 Å². The minimum atomic E-state index is -0.968. The maximum absolute atomic E-state index is 13.7. The van der Waals surface area contributed by atoms with E-state index in [1.165, 1.54) is 12.1 Å². The molecule has 142 valence electrons. The average molecular weight is 369 g/mol. The maximum atomic E-state index is 13.7. The molecule has 2 aromatic rings. The molecule has 1 saturated carbocycles. The second-order valence-corrected chi connectivity index (χ2v) is 7.65. The first-order chi connectivity index (χ1) is 13.1. The Balaban J connectivity index is 1.86. The fraction of sp³-hybridized carbons (Fsp3) is 0.409. The lowest BCUT2D eigenvalue weighted by molar-refractivity contribution is -0.125. The zero-order valence-electron chi connectivity index (χ0n) is 15.1. The van der Waals surface area contributed by atoms with Crippen molar-refractivity contribution in [3.05, 3.63) is 65.5 Å². The number of rotatable bonds is 4. The SMILES string of the molecule is O=C1Nc2cc(F)ccc2[C@]12CCCCC2[C@@H](c1ccccc1)[C@H](O)CO. The second-order valence-electron chi connectivity index (χ2n) is 7.65. The first-order valence-electron chi connectivity index (χ1n) is 9.53. The number of amides is 1. The van der Waals surface area contributed by atoms with Gasteiger partial charge < -0.3 is 15.5 Å². The topological polar surface area (TPSA) is 69.6 Å². The van der Waals surface area contributed by atoms with Crippen LogP contribution in [0, 0.1) is 11.7 Å². The third-order valence-corrected chi connectivity index (χ3v) is 6.30. The first kappa shape index (κ1) is 18.1. The zero-order valence-corrected chi connectivity index (χ0v) is 15.1.